The van der Waals surface area contributed by atoms with E-state index in [-0.39, 0.29) is 12.4 Å². The van der Waals surface area contributed by atoms with Gasteiger partial charge in [0.1, 0.15) is 18.5 Å². The topological polar surface area (TPSA) is 55.8 Å². The minimum atomic E-state index is -1.00. The van der Waals surface area contributed by atoms with Crippen molar-refractivity contribution in [1.29, 1.82) is 0 Å². The van der Waals surface area contributed by atoms with Crippen LogP contribution in [-0.4, -0.2) is 22.8 Å². The van der Waals surface area contributed by atoms with Gasteiger partial charge in [-0.3, -0.25) is 4.79 Å². The lowest BCUT2D eigenvalue weighted by molar-refractivity contribution is -0.163. The molecule has 0 radical (unpaired) electrons. The number of hydrogen-bond acceptors (Lipinski definition) is 4. The highest BCUT2D eigenvalue weighted by Gasteiger charge is 2.34. The highest BCUT2D eigenvalue weighted by molar-refractivity contribution is 5.72. The molecule has 0 bridgehead atoms. The molecule has 0 aromatic heterocycles. The number of benzene rings is 2. The van der Waals surface area contributed by atoms with Gasteiger partial charge in [0.25, 0.3) is 0 Å². The maximum absolute atomic E-state index is 11.5. The summed E-state index contributed by atoms with van der Waals surface area (Å²) >= 11 is 0. The Morgan fingerprint density at radius 2 is 1.92 bits per heavy atom. The number of carbonyl (C=O) groups is 1. The van der Waals surface area contributed by atoms with Crippen LogP contribution < -0.4 is 4.74 Å². The van der Waals surface area contributed by atoms with E-state index in [1.54, 1.807) is 6.92 Å². The van der Waals surface area contributed by atoms with E-state index in [0.717, 1.165) is 16.9 Å². The smallest absolute Gasteiger partial charge is 0.309 e. The first kappa shape index (κ1) is 17.2. The first-order valence-corrected chi connectivity index (χ1v) is 8.37. The Morgan fingerprint density at radius 3 is 2.60 bits per heavy atom. The Balaban J connectivity index is 1.56. The van der Waals surface area contributed by atoms with E-state index in [4.69, 9.17) is 9.47 Å². The zero-order valence-electron chi connectivity index (χ0n) is 14.2. The minimum absolute atomic E-state index is 0.0464. The molecule has 2 aromatic rings. The second-order valence-electron chi connectivity index (χ2n) is 6.61. The number of carbonyl (C=O) groups excluding carboxylic acids is 1. The van der Waals surface area contributed by atoms with E-state index in [0.29, 0.717) is 13.0 Å². The van der Waals surface area contributed by atoms with Crippen LogP contribution in [0.25, 0.3) is 6.08 Å². The predicted molar refractivity (Wildman–Crippen MR) is 96.0 cm³/mol. The quantitative estimate of drug-likeness (QED) is 0.844. The molecule has 1 saturated heterocycles. The van der Waals surface area contributed by atoms with Crippen LogP contribution in [0.2, 0.25) is 0 Å². The van der Waals surface area contributed by atoms with Gasteiger partial charge >= 0.3 is 5.97 Å². The summed E-state index contributed by atoms with van der Waals surface area (Å²) in [6, 6.07) is 17.7. The Kier molecular flexibility index (Phi) is 5.19. The van der Waals surface area contributed by atoms with E-state index in [1.807, 2.05) is 66.7 Å². The zero-order chi connectivity index (χ0) is 17.7. The molecular weight excluding hydrogens is 316 g/mol. The highest BCUT2D eigenvalue weighted by Crippen LogP contribution is 2.26. The van der Waals surface area contributed by atoms with Crippen LogP contribution >= 0.6 is 0 Å². The fraction of sp³-hybridized carbons (Fsp3) is 0.286. The van der Waals surface area contributed by atoms with Gasteiger partial charge in [-0.2, -0.15) is 0 Å². The highest BCUT2D eigenvalue weighted by atomic mass is 16.5. The van der Waals surface area contributed by atoms with E-state index in [9.17, 15) is 9.90 Å². The van der Waals surface area contributed by atoms with Gasteiger partial charge in [0.05, 0.1) is 12.0 Å². The molecule has 0 amide bonds. The monoisotopic (exact) mass is 338 g/mol. The second kappa shape index (κ2) is 7.53. The van der Waals surface area contributed by atoms with Crippen LogP contribution in [0, 0.1) is 0 Å². The fourth-order valence-electron chi connectivity index (χ4n) is 2.81. The van der Waals surface area contributed by atoms with Crippen molar-refractivity contribution < 1.29 is 19.4 Å². The summed E-state index contributed by atoms with van der Waals surface area (Å²) in [4.78, 5) is 11.5. The van der Waals surface area contributed by atoms with Gasteiger partial charge in [-0.15, -0.1) is 0 Å². The van der Waals surface area contributed by atoms with Gasteiger partial charge in [0, 0.05) is 6.42 Å². The van der Waals surface area contributed by atoms with Crippen molar-refractivity contribution in [2.45, 2.75) is 38.1 Å². The van der Waals surface area contributed by atoms with Gasteiger partial charge in [-0.05, 0) is 36.3 Å². The maximum Gasteiger partial charge on any atom is 0.309 e. The SMILES string of the molecule is CC1(O)CC(=O)OC(C=Cc2ccc(OCc3ccccc3)cc2)C1. The standard InChI is InChI=1S/C21H22O4/c1-21(23)13-19(25-20(22)14-21)12-9-16-7-10-18(11-8-16)24-15-17-5-3-2-4-6-17/h2-12,19,23H,13-15H2,1H3. The van der Waals surface area contributed by atoms with Gasteiger partial charge in [0.2, 0.25) is 0 Å². The van der Waals surface area contributed by atoms with Crippen LogP contribution in [0.3, 0.4) is 0 Å². The molecule has 0 aliphatic carbocycles. The van der Waals surface area contributed by atoms with Crippen molar-refractivity contribution in [3.8, 4) is 5.75 Å². The average molecular weight is 338 g/mol. The molecule has 0 spiro atoms. The van der Waals surface area contributed by atoms with Crippen molar-refractivity contribution >= 4 is 12.0 Å². The van der Waals surface area contributed by atoms with Crippen molar-refractivity contribution in [1.82, 2.24) is 0 Å². The molecule has 130 valence electrons. The number of cyclic esters (lactones) is 1. The summed E-state index contributed by atoms with van der Waals surface area (Å²) < 4.78 is 11.0. The lowest BCUT2D eigenvalue weighted by atomic mass is 9.92. The lowest BCUT2D eigenvalue weighted by Gasteiger charge is -2.31. The van der Waals surface area contributed by atoms with Gasteiger partial charge in [-0.1, -0.05) is 48.5 Å². The van der Waals surface area contributed by atoms with E-state index < -0.39 is 11.7 Å². The van der Waals surface area contributed by atoms with Crippen LogP contribution in [0.1, 0.15) is 30.9 Å². The molecular formula is C21H22O4. The molecule has 4 nitrogen and oxygen atoms in total. The Labute approximate surface area is 147 Å². The van der Waals surface area contributed by atoms with Gasteiger partial charge in [-0.25, -0.2) is 0 Å². The first-order chi connectivity index (χ1) is 12.0. The number of hydrogen-bond donors (Lipinski definition) is 1. The molecule has 2 unspecified atom stereocenters. The number of aliphatic hydroxyl groups is 1. The van der Waals surface area contributed by atoms with E-state index >= 15 is 0 Å². The van der Waals surface area contributed by atoms with Crippen LogP contribution in [-0.2, 0) is 16.1 Å². The molecule has 1 N–H and O–H groups in total. The molecule has 2 aromatic carbocycles. The van der Waals surface area contributed by atoms with Crippen LogP contribution in [0.5, 0.6) is 5.75 Å². The molecule has 1 aliphatic heterocycles. The molecule has 2 atom stereocenters. The van der Waals surface area contributed by atoms with E-state index in [1.165, 1.54) is 0 Å². The summed E-state index contributed by atoms with van der Waals surface area (Å²) in [5.41, 5.74) is 1.10. The fourth-order valence-corrected chi connectivity index (χ4v) is 2.81. The largest absolute Gasteiger partial charge is 0.489 e. The Hall–Kier alpha value is -2.59. The third-order valence-electron chi connectivity index (χ3n) is 4.08. The molecule has 1 heterocycles. The lowest BCUT2D eigenvalue weighted by Crippen LogP contribution is -2.40. The molecule has 3 rings (SSSR count). The van der Waals surface area contributed by atoms with Crippen LogP contribution in [0.4, 0.5) is 0 Å². The summed E-state index contributed by atoms with van der Waals surface area (Å²) in [6.07, 6.45) is 3.76. The normalized spacial score (nSPS) is 23.4. The molecule has 0 saturated carbocycles. The average Bonchev–Trinajstić information content (AvgIpc) is 2.58. The second-order valence-corrected chi connectivity index (χ2v) is 6.61. The number of esters is 1. The minimum Gasteiger partial charge on any atom is -0.489 e. The van der Waals surface area contributed by atoms with Crippen molar-refractivity contribution in [2.75, 3.05) is 0 Å². The number of ether oxygens (including phenoxy) is 2. The van der Waals surface area contributed by atoms with Crippen molar-refractivity contribution in [3.05, 3.63) is 71.8 Å². The van der Waals surface area contributed by atoms with Gasteiger partial charge in [0.15, 0.2) is 0 Å². The van der Waals surface area contributed by atoms with Crippen LogP contribution in [0.15, 0.2) is 60.7 Å². The molecule has 1 fully saturated rings. The molecule has 25 heavy (non-hydrogen) atoms. The molecule has 1 aliphatic rings. The Morgan fingerprint density at radius 1 is 1.20 bits per heavy atom. The summed E-state index contributed by atoms with van der Waals surface area (Å²) in [5.74, 6) is 0.434. The zero-order valence-corrected chi connectivity index (χ0v) is 14.2. The third kappa shape index (κ3) is 5.19. The third-order valence-corrected chi connectivity index (χ3v) is 4.08. The van der Waals surface area contributed by atoms with Gasteiger partial charge < -0.3 is 14.6 Å². The Bertz CT molecular complexity index is 732. The predicted octanol–water partition coefficient (Wildman–Crippen LogP) is 3.74. The summed E-state index contributed by atoms with van der Waals surface area (Å²) in [7, 11) is 0. The maximum atomic E-state index is 11.5. The number of rotatable bonds is 5. The van der Waals surface area contributed by atoms with Crippen molar-refractivity contribution in [3.63, 3.8) is 0 Å². The molecule has 4 heteroatoms. The summed E-state index contributed by atoms with van der Waals surface area (Å²) in [5, 5.41) is 10.1. The van der Waals surface area contributed by atoms with Crippen molar-refractivity contribution in [2.24, 2.45) is 0 Å². The van der Waals surface area contributed by atoms with E-state index in [2.05, 4.69) is 0 Å². The summed E-state index contributed by atoms with van der Waals surface area (Å²) in [6.45, 7) is 2.19. The first-order valence-electron chi connectivity index (χ1n) is 8.37.